The number of hydrogen-bond acceptors (Lipinski definition) is 5. The highest BCUT2D eigenvalue weighted by Crippen LogP contribution is 2.30. The van der Waals surface area contributed by atoms with Gasteiger partial charge >= 0.3 is 0 Å². The second kappa shape index (κ2) is 10.8. The Bertz CT molecular complexity index is 902. The summed E-state index contributed by atoms with van der Waals surface area (Å²) in [6.45, 7) is 9.47. The average molecular weight is 425 g/mol. The highest BCUT2D eigenvalue weighted by molar-refractivity contribution is 5.92. The van der Waals surface area contributed by atoms with Gasteiger partial charge in [-0.1, -0.05) is 18.2 Å². The number of nitrogens with zero attached hydrogens (tertiary/aromatic N) is 2. The molecule has 1 aliphatic heterocycles. The molecule has 6 nitrogen and oxygen atoms in total. The number of benzene rings is 2. The lowest BCUT2D eigenvalue weighted by Crippen LogP contribution is -2.48. The van der Waals surface area contributed by atoms with Gasteiger partial charge in [-0.3, -0.25) is 4.79 Å². The number of piperazine rings is 1. The molecule has 2 aromatic rings. The molecule has 6 heteroatoms. The van der Waals surface area contributed by atoms with Crippen LogP contribution in [-0.2, 0) is 4.79 Å². The van der Waals surface area contributed by atoms with Gasteiger partial charge in [-0.15, -0.1) is 0 Å². The number of para-hydroxylation sites is 2. The lowest BCUT2D eigenvalue weighted by atomic mass is 10.1. The Hall–Kier alpha value is -3.15. The molecule has 0 radical (unpaired) electrons. The molecular formula is C25H32N2O4. The molecule has 1 saturated heterocycles. The third-order valence-electron chi connectivity index (χ3n) is 5.07. The second-order valence-corrected chi connectivity index (χ2v) is 7.62. The Kier molecular flexibility index (Phi) is 7.82. The molecule has 1 heterocycles. The van der Waals surface area contributed by atoms with E-state index in [0.717, 1.165) is 30.1 Å². The van der Waals surface area contributed by atoms with Crippen molar-refractivity contribution >= 4 is 17.7 Å². The summed E-state index contributed by atoms with van der Waals surface area (Å²) in [5.74, 6) is 2.26. The molecule has 0 aromatic heterocycles. The molecule has 1 amide bonds. The second-order valence-electron chi connectivity index (χ2n) is 7.62. The number of rotatable bonds is 8. The predicted octanol–water partition coefficient (Wildman–Crippen LogP) is 4.24. The number of ether oxygens (including phenoxy) is 3. The van der Waals surface area contributed by atoms with Gasteiger partial charge in [0.2, 0.25) is 5.91 Å². The molecule has 0 unspecified atom stereocenters. The quantitative estimate of drug-likeness (QED) is 0.593. The van der Waals surface area contributed by atoms with E-state index < -0.39 is 0 Å². The van der Waals surface area contributed by atoms with Crippen molar-refractivity contribution in [2.75, 3.05) is 44.8 Å². The van der Waals surface area contributed by atoms with E-state index in [1.54, 1.807) is 13.2 Å². The molecule has 3 rings (SSSR count). The van der Waals surface area contributed by atoms with Gasteiger partial charge in [-0.05, 0) is 56.7 Å². The lowest BCUT2D eigenvalue weighted by Gasteiger charge is -2.36. The van der Waals surface area contributed by atoms with Crippen molar-refractivity contribution in [3.05, 3.63) is 54.1 Å². The molecule has 31 heavy (non-hydrogen) atoms. The van der Waals surface area contributed by atoms with Crippen molar-refractivity contribution in [3.63, 3.8) is 0 Å². The Labute approximate surface area is 185 Å². The van der Waals surface area contributed by atoms with E-state index >= 15 is 0 Å². The van der Waals surface area contributed by atoms with Gasteiger partial charge in [0.15, 0.2) is 11.5 Å². The summed E-state index contributed by atoms with van der Waals surface area (Å²) in [4.78, 5) is 16.8. The number of carbonyl (C=O) groups excluding carboxylic acids is 1. The maximum absolute atomic E-state index is 12.7. The first-order valence-corrected chi connectivity index (χ1v) is 10.8. The fourth-order valence-corrected chi connectivity index (χ4v) is 3.58. The molecule has 1 aliphatic rings. The van der Waals surface area contributed by atoms with Crippen LogP contribution in [-0.4, -0.2) is 56.8 Å². The Morgan fingerprint density at radius 2 is 1.77 bits per heavy atom. The molecule has 166 valence electrons. The minimum atomic E-state index is 0.0132. The minimum Gasteiger partial charge on any atom is -0.493 e. The van der Waals surface area contributed by atoms with Crippen molar-refractivity contribution in [1.82, 2.24) is 4.90 Å². The number of hydrogen-bond donors (Lipinski definition) is 0. The van der Waals surface area contributed by atoms with Crippen LogP contribution in [0.4, 0.5) is 5.69 Å². The first-order chi connectivity index (χ1) is 15.0. The zero-order valence-electron chi connectivity index (χ0n) is 18.8. The SMILES string of the molecule is CCOc1ccccc1N1CCN(C(=O)/C=C/c2ccc(OC(C)C)c(OC)c2)CC1. The predicted molar refractivity (Wildman–Crippen MR) is 124 cm³/mol. The van der Waals surface area contributed by atoms with Gasteiger partial charge in [0.25, 0.3) is 0 Å². The number of anilines is 1. The molecule has 0 aliphatic carbocycles. The maximum Gasteiger partial charge on any atom is 0.246 e. The fourth-order valence-electron chi connectivity index (χ4n) is 3.58. The molecule has 2 aromatic carbocycles. The van der Waals surface area contributed by atoms with Crippen LogP contribution >= 0.6 is 0 Å². The van der Waals surface area contributed by atoms with Crippen LogP contribution in [0, 0.1) is 0 Å². The molecule has 0 saturated carbocycles. The van der Waals surface area contributed by atoms with E-state index in [9.17, 15) is 4.79 Å². The topological polar surface area (TPSA) is 51.2 Å². The summed E-state index contributed by atoms with van der Waals surface area (Å²) in [6, 6.07) is 13.7. The van der Waals surface area contributed by atoms with Gasteiger partial charge in [-0.2, -0.15) is 0 Å². The monoisotopic (exact) mass is 424 g/mol. The molecule has 0 bridgehead atoms. The zero-order chi connectivity index (χ0) is 22.2. The Balaban J connectivity index is 1.59. The van der Waals surface area contributed by atoms with Crippen LogP contribution in [0.3, 0.4) is 0 Å². The van der Waals surface area contributed by atoms with Crippen molar-refractivity contribution in [2.45, 2.75) is 26.9 Å². The van der Waals surface area contributed by atoms with Gasteiger partial charge < -0.3 is 24.0 Å². The molecule has 0 N–H and O–H groups in total. The van der Waals surface area contributed by atoms with Crippen LogP contribution < -0.4 is 19.1 Å². The van der Waals surface area contributed by atoms with Crippen LogP contribution in [0.15, 0.2) is 48.5 Å². The van der Waals surface area contributed by atoms with Crippen molar-refractivity contribution in [1.29, 1.82) is 0 Å². The average Bonchev–Trinajstić information content (AvgIpc) is 2.78. The van der Waals surface area contributed by atoms with Crippen molar-refractivity contribution in [2.24, 2.45) is 0 Å². The summed E-state index contributed by atoms with van der Waals surface area (Å²) in [5, 5.41) is 0. The fraction of sp³-hybridized carbons (Fsp3) is 0.400. The molecule has 0 spiro atoms. The zero-order valence-corrected chi connectivity index (χ0v) is 18.8. The van der Waals surface area contributed by atoms with E-state index in [0.29, 0.717) is 31.2 Å². The highest BCUT2D eigenvalue weighted by Gasteiger charge is 2.21. The van der Waals surface area contributed by atoms with Gasteiger partial charge in [-0.25, -0.2) is 0 Å². The van der Waals surface area contributed by atoms with Crippen molar-refractivity contribution in [3.8, 4) is 17.2 Å². The van der Waals surface area contributed by atoms with E-state index in [-0.39, 0.29) is 12.0 Å². The van der Waals surface area contributed by atoms with Crippen molar-refractivity contribution < 1.29 is 19.0 Å². The normalized spacial score (nSPS) is 14.2. The lowest BCUT2D eigenvalue weighted by molar-refractivity contribution is -0.126. The summed E-state index contributed by atoms with van der Waals surface area (Å²) >= 11 is 0. The minimum absolute atomic E-state index is 0.0132. The van der Waals surface area contributed by atoms with Crippen LogP contribution in [0.2, 0.25) is 0 Å². The standard InChI is InChI=1S/C25H32N2O4/c1-5-30-22-9-7-6-8-21(22)26-14-16-27(17-15-26)25(28)13-11-20-10-12-23(31-19(2)3)24(18-20)29-4/h6-13,18-19H,5,14-17H2,1-4H3/b13-11+. The maximum atomic E-state index is 12.7. The molecular weight excluding hydrogens is 392 g/mol. The number of amides is 1. The number of methoxy groups -OCH3 is 1. The number of carbonyl (C=O) groups is 1. The molecule has 0 atom stereocenters. The van der Waals surface area contributed by atoms with E-state index in [1.807, 2.05) is 68.1 Å². The van der Waals surface area contributed by atoms with E-state index in [2.05, 4.69) is 11.0 Å². The smallest absolute Gasteiger partial charge is 0.246 e. The Morgan fingerprint density at radius 3 is 2.45 bits per heavy atom. The van der Waals surface area contributed by atoms with Gasteiger partial charge in [0.05, 0.1) is 25.5 Å². The van der Waals surface area contributed by atoms with Crippen LogP contribution in [0.25, 0.3) is 6.08 Å². The van der Waals surface area contributed by atoms with Crippen LogP contribution in [0.5, 0.6) is 17.2 Å². The van der Waals surface area contributed by atoms with Gasteiger partial charge in [0, 0.05) is 32.3 Å². The van der Waals surface area contributed by atoms with E-state index in [1.165, 1.54) is 0 Å². The first kappa shape index (κ1) is 22.5. The highest BCUT2D eigenvalue weighted by atomic mass is 16.5. The third kappa shape index (κ3) is 5.94. The third-order valence-corrected chi connectivity index (χ3v) is 5.07. The van der Waals surface area contributed by atoms with Gasteiger partial charge in [0.1, 0.15) is 5.75 Å². The first-order valence-electron chi connectivity index (χ1n) is 10.8. The summed E-state index contributed by atoms with van der Waals surface area (Å²) in [5.41, 5.74) is 1.98. The van der Waals surface area contributed by atoms with E-state index in [4.69, 9.17) is 14.2 Å². The van der Waals surface area contributed by atoms with Crippen LogP contribution in [0.1, 0.15) is 26.3 Å². The summed E-state index contributed by atoms with van der Waals surface area (Å²) in [7, 11) is 1.62. The largest absolute Gasteiger partial charge is 0.493 e. The molecule has 1 fully saturated rings. The summed E-state index contributed by atoms with van der Waals surface area (Å²) < 4.78 is 16.9. The summed E-state index contributed by atoms with van der Waals surface area (Å²) in [6.07, 6.45) is 3.51. The Morgan fingerprint density at radius 1 is 1.03 bits per heavy atom.